The lowest BCUT2D eigenvalue weighted by Crippen LogP contribution is -2.39. The topological polar surface area (TPSA) is 79.6 Å². The Kier molecular flexibility index (Phi) is 4.13. The SMILES string of the molecule is Cc1cc(CCCCn2c(=O)c3c(ncn3C)n(C)c2=O)nn1C. The summed E-state index contributed by atoms with van der Waals surface area (Å²) in [4.78, 5) is 29.1. The van der Waals surface area contributed by atoms with Gasteiger partial charge in [-0.15, -0.1) is 0 Å². The van der Waals surface area contributed by atoms with Crippen LogP contribution in [0, 0.1) is 6.92 Å². The Labute approximate surface area is 139 Å². The van der Waals surface area contributed by atoms with Crippen molar-refractivity contribution in [2.24, 2.45) is 21.1 Å². The Hall–Kier alpha value is -2.64. The van der Waals surface area contributed by atoms with Gasteiger partial charge in [-0.3, -0.25) is 18.6 Å². The second-order valence-corrected chi connectivity index (χ2v) is 6.18. The largest absolute Gasteiger partial charge is 0.332 e. The molecule has 0 amide bonds. The number of hydrogen-bond acceptors (Lipinski definition) is 4. The van der Waals surface area contributed by atoms with Crippen LogP contribution in [0.15, 0.2) is 22.0 Å². The highest BCUT2D eigenvalue weighted by Crippen LogP contribution is 2.07. The average molecular weight is 330 g/mol. The van der Waals surface area contributed by atoms with Crippen molar-refractivity contribution in [2.75, 3.05) is 0 Å². The summed E-state index contributed by atoms with van der Waals surface area (Å²) in [6.07, 6.45) is 4.01. The summed E-state index contributed by atoms with van der Waals surface area (Å²) in [6, 6.07) is 2.06. The molecule has 0 atom stereocenters. The third kappa shape index (κ3) is 2.68. The standard InChI is InChI=1S/C16H22N6O2/c1-11-9-12(18-21(11)4)7-5-6-8-22-15(23)13-14(17-10-19(13)2)20(3)16(22)24/h9-10H,5-8H2,1-4H3. The lowest BCUT2D eigenvalue weighted by atomic mass is 10.2. The lowest BCUT2D eigenvalue weighted by molar-refractivity contribution is 0.550. The molecule has 0 saturated carbocycles. The van der Waals surface area contributed by atoms with Crippen LogP contribution < -0.4 is 11.2 Å². The Morgan fingerprint density at radius 3 is 2.54 bits per heavy atom. The molecule has 0 aromatic carbocycles. The minimum absolute atomic E-state index is 0.276. The molecule has 128 valence electrons. The predicted octanol–water partition coefficient (Wildman–Crippen LogP) is 0.499. The van der Waals surface area contributed by atoms with Crippen molar-refractivity contribution in [1.82, 2.24) is 28.5 Å². The molecule has 24 heavy (non-hydrogen) atoms. The maximum absolute atomic E-state index is 12.6. The summed E-state index contributed by atoms with van der Waals surface area (Å²) in [7, 11) is 5.32. The minimum Gasteiger partial charge on any atom is -0.328 e. The van der Waals surface area contributed by atoms with Gasteiger partial charge in [0.2, 0.25) is 0 Å². The van der Waals surface area contributed by atoms with Crippen molar-refractivity contribution < 1.29 is 0 Å². The average Bonchev–Trinajstić information content (AvgIpc) is 3.07. The quantitative estimate of drug-likeness (QED) is 0.638. The molecule has 0 saturated heterocycles. The molecule has 0 fully saturated rings. The molecule has 8 heteroatoms. The summed E-state index contributed by atoms with van der Waals surface area (Å²) < 4.78 is 6.24. The number of hydrogen-bond donors (Lipinski definition) is 0. The molecule has 0 aliphatic heterocycles. The van der Waals surface area contributed by atoms with Crippen LogP contribution in [0.2, 0.25) is 0 Å². The maximum atomic E-state index is 12.6. The van der Waals surface area contributed by atoms with Crippen LogP contribution in [0.5, 0.6) is 0 Å². The highest BCUT2D eigenvalue weighted by atomic mass is 16.2. The van der Waals surface area contributed by atoms with Crippen molar-refractivity contribution in [1.29, 1.82) is 0 Å². The van der Waals surface area contributed by atoms with Crippen LogP contribution in [-0.2, 0) is 34.1 Å². The normalized spacial score (nSPS) is 11.5. The Balaban J connectivity index is 1.77. The first-order valence-electron chi connectivity index (χ1n) is 8.00. The molecule has 0 radical (unpaired) electrons. The Morgan fingerprint density at radius 2 is 1.88 bits per heavy atom. The molecule has 3 aromatic rings. The van der Waals surface area contributed by atoms with E-state index < -0.39 is 0 Å². The van der Waals surface area contributed by atoms with Gasteiger partial charge in [-0.1, -0.05) is 0 Å². The van der Waals surface area contributed by atoms with E-state index in [0.29, 0.717) is 17.7 Å². The van der Waals surface area contributed by atoms with E-state index in [-0.39, 0.29) is 11.2 Å². The van der Waals surface area contributed by atoms with Gasteiger partial charge in [0.15, 0.2) is 11.2 Å². The van der Waals surface area contributed by atoms with E-state index in [2.05, 4.69) is 16.1 Å². The summed E-state index contributed by atoms with van der Waals surface area (Å²) in [5.74, 6) is 0. The van der Waals surface area contributed by atoms with E-state index in [1.165, 1.54) is 9.13 Å². The molecule has 3 aromatic heterocycles. The number of imidazole rings is 1. The zero-order valence-corrected chi connectivity index (χ0v) is 14.5. The number of nitrogens with zero attached hydrogens (tertiary/aromatic N) is 6. The summed E-state index contributed by atoms with van der Waals surface area (Å²) in [5.41, 5.74) is 2.45. The second-order valence-electron chi connectivity index (χ2n) is 6.18. The molecule has 0 aliphatic rings. The minimum atomic E-state index is -0.320. The molecule has 0 bridgehead atoms. The van der Waals surface area contributed by atoms with Crippen molar-refractivity contribution in [3.63, 3.8) is 0 Å². The van der Waals surface area contributed by atoms with E-state index in [4.69, 9.17) is 0 Å². The van der Waals surface area contributed by atoms with E-state index in [1.807, 2.05) is 18.7 Å². The highest BCUT2D eigenvalue weighted by molar-refractivity contribution is 5.69. The summed E-state index contributed by atoms with van der Waals surface area (Å²) in [6.45, 7) is 2.42. The van der Waals surface area contributed by atoms with Crippen molar-refractivity contribution in [3.05, 3.63) is 44.6 Å². The number of rotatable bonds is 5. The summed E-state index contributed by atoms with van der Waals surface area (Å²) >= 11 is 0. The molecule has 0 aliphatic carbocycles. The molecule has 3 heterocycles. The molecule has 3 rings (SSSR count). The van der Waals surface area contributed by atoms with Gasteiger partial charge < -0.3 is 4.57 Å². The van der Waals surface area contributed by atoms with E-state index >= 15 is 0 Å². The fourth-order valence-corrected chi connectivity index (χ4v) is 2.93. The van der Waals surface area contributed by atoms with Crippen molar-refractivity contribution in [2.45, 2.75) is 32.7 Å². The first kappa shape index (κ1) is 16.2. The maximum Gasteiger partial charge on any atom is 0.332 e. The highest BCUT2D eigenvalue weighted by Gasteiger charge is 2.14. The fourth-order valence-electron chi connectivity index (χ4n) is 2.93. The fraction of sp³-hybridized carbons (Fsp3) is 0.500. The van der Waals surface area contributed by atoms with Crippen LogP contribution in [0.1, 0.15) is 24.2 Å². The van der Waals surface area contributed by atoms with Gasteiger partial charge in [0.05, 0.1) is 12.0 Å². The van der Waals surface area contributed by atoms with Gasteiger partial charge in [0.1, 0.15) is 0 Å². The molecule has 8 nitrogen and oxygen atoms in total. The smallest absolute Gasteiger partial charge is 0.328 e. The van der Waals surface area contributed by atoms with Gasteiger partial charge in [-0.2, -0.15) is 5.10 Å². The third-order valence-electron chi connectivity index (χ3n) is 4.43. The lowest BCUT2D eigenvalue weighted by Gasteiger charge is -2.08. The van der Waals surface area contributed by atoms with Crippen LogP contribution in [0.4, 0.5) is 0 Å². The zero-order valence-electron chi connectivity index (χ0n) is 14.5. The number of fused-ring (bicyclic) bond motifs is 1. The molecule has 0 spiro atoms. The van der Waals surface area contributed by atoms with Gasteiger partial charge >= 0.3 is 5.69 Å². The molecular weight excluding hydrogens is 308 g/mol. The van der Waals surface area contributed by atoms with Gasteiger partial charge in [0, 0.05) is 33.4 Å². The van der Waals surface area contributed by atoms with Crippen molar-refractivity contribution >= 4 is 11.2 Å². The number of aryl methyl sites for hydroxylation is 5. The van der Waals surface area contributed by atoms with Crippen LogP contribution in [0.25, 0.3) is 11.2 Å². The molecular formula is C16H22N6O2. The first-order chi connectivity index (χ1) is 11.4. The van der Waals surface area contributed by atoms with Crippen LogP contribution in [-0.4, -0.2) is 28.5 Å². The molecule has 0 unspecified atom stereocenters. The van der Waals surface area contributed by atoms with Gasteiger partial charge in [-0.05, 0) is 32.3 Å². The van der Waals surface area contributed by atoms with E-state index in [1.54, 1.807) is 25.0 Å². The second kappa shape index (κ2) is 6.10. The number of unbranched alkanes of at least 4 members (excludes halogenated alkanes) is 1. The van der Waals surface area contributed by atoms with Crippen molar-refractivity contribution in [3.8, 4) is 0 Å². The van der Waals surface area contributed by atoms with E-state index in [9.17, 15) is 9.59 Å². The van der Waals surface area contributed by atoms with Crippen LogP contribution in [0.3, 0.4) is 0 Å². The first-order valence-corrected chi connectivity index (χ1v) is 8.00. The number of aromatic nitrogens is 6. The van der Waals surface area contributed by atoms with Gasteiger partial charge in [-0.25, -0.2) is 9.78 Å². The Bertz CT molecular complexity index is 985. The van der Waals surface area contributed by atoms with Crippen LogP contribution >= 0.6 is 0 Å². The Morgan fingerprint density at radius 1 is 1.12 bits per heavy atom. The van der Waals surface area contributed by atoms with Gasteiger partial charge in [0.25, 0.3) is 5.56 Å². The summed E-state index contributed by atoms with van der Waals surface area (Å²) in [5, 5.41) is 4.42. The predicted molar refractivity (Wildman–Crippen MR) is 91.1 cm³/mol. The molecule has 0 N–H and O–H groups in total. The zero-order chi connectivity index (χ0) is 17.4. The monoisotopic (exact) mass is 330 g/mol. The third-order valence-corrected chi connectivity index (χ3v) is 4.43. The van der Waals surface area contributed by atoms with E-state index in [0.717, 1.165) is 30.7 Å².